The maximum absolute atomic E-state index is 12.2. The van der Waals surface area contributed by atoms with Gasteiger partial charge in [0, 0.05) is 11.0 Å². The number of carbonyl (C=O) groups excluding carboxylic acids is 1. The van der Waals surface area contributed by atoms with Gasteiger partial charge in [0.1, 0.15) is 0 Å². The molecule has 6 atom stereocenters. The lowest BCUT2D eigenvalue weighted by Gasteiger charge is -2.58. The predicted molar refractivity (Wildman–Crippen MR) is 93.3 cm³/mol. The molecule has 0 spiro atoms. The molecule has 3 heteroatoms. The molecule has 0 saturated heterocycles. The highest BCUT2D eigenvalue weighted by Gasteiger charge is 2.62. The van der Waals surface area contributed by atoms with Crippen molar-refractivity contribution in [2.24, 2.45) is 28.6 Å². The van der Waals surface area contributed by atoms with Gasteiger partial charge in [0.15, 0.2) is 5.78 Å². The summed E-state index contributed by atoms with van der Waals surface area (Å²) in [7, 11) is 0. The monoisotopic (exact) mass is 330 g/mol. The highest BCUT2D eigenvalue weighted by Crippen LogP contribution is 2.66. The second kappa shape index (κ2) is 5.04. The summed E-state index contributed by atoms with van der Waals surface area (Å²) < 4.78 is 0. The van der Waals surface area contributed by atoms with Gasteiger partial charge in [0.2, 0.25) is 0 Å². The first-order valence-corrected chi connectivity index (χ1v) is 9.53. The molecule has 132 valence electrons. The van der Waals surface area contributed by atoms with Crippen molar-refractivity contribution in [2.45, 2.75) is 64.9 Å². The Morgan fingerprint density at radius 1 is 1.12 bits per heavy atom. The fraction of sp³-hybridized carbons (Fsp3) is 0.762. The van der Waals surface area contributed by atoms with Crippen molar-refractivity contribution in [3.63, 3.8) is 0 Å². The van der Waals surface area contributed by atoms with E-state index in [2.05, 4.69) is 19.9 Å². The molecular weight excluding hydrogens is 300 g/mol. The molecule has 4 aliphatic carbocycles. The van der Waals surface area contributed by atoms with Crippen LogP contribution in [0.2, 0.25) is 0 Å². The van der Waals surface area contributed by atoms with Gasteiger partial charge < -0.3 is 10.2 Å². The van der Waals surface area contributed by atoms with Gasteiger partial charge in [-0.25, -0.2) is 0 Å². The van der Waals surface area contributed by atoms with Crippen LogP contribution in [0.1, 0.15) is 59.3 Å². The average Bonchev–Trinajstić information content (AvgIpc) is 2.77. The van der Waals surface area contributed by atoms with Gasteiger partial charge >= 0.3 is 0 Å². The molecule has 0 heterocycles. The Hall–Kier alpha value is -0.930. The van der Waals surface area contributed by atoms with Crippen molar-refractivity contribution in [3.8, 4) is 0 Å². The van der Waals surface area contributed by atoms with Gasteiger partial charge in [-0.15, -0.1) is 0 Å². The van der Waals surface area contributed by atoms with Crippen molar-refractivity contribution in [2.75, 3.05) is 6.61 Å². The van der Waals surface area contributed by atoms with E-state index in [0.717, 1.165) is 38.5 Å². The Morgan fingerprint density at radius 2 is 1.83 bits per heavy atom. The van der Waals surface area contributed by atoms with Crippen LogP contribution in [-0.4, -0.2) is 28.2 Å². The van der Waals surface area contributed by atoms with Crippen LogP contribution in [0.4, 0.5) is 0 Å². The highest BCUT2D eigenvalue weighted by molar-refractivity contribution is 6.06. The topological polar surface area (TPSA) is 57.5 Å². The van der Waals surface area contributed by atoms with E-state index >= 15 is 0 Å². The standard InChI is InChI=1S/C21H30O3/c1-19-11-13(12-22)18(23)10-14(19)4-5-15-16(19)6-8-20(2)17(15)7-9-21(20,3)24/h10-11,15-17,22,24H,4-9,12H2,1-3H3/t15-,16+,17+,19+,20+,21+/m1/s1. The molecule has 0 aromatic carbocycles. The van der Waals surface area contributed by atoms with Gasteiger partial charge in [0.25, 0.3) is 0 Å². The molecule has 0 radical (unpaired) electrons. The third-order valence-corrected chi connectivity index (χ3v) is 8.47. The predicted octanol–water partition coefficient (Wildman–Crippen LogP) is 3.41. The third-order valence-electron chi connectivity index (χ3n) is 8.47. The number of rotatable bonds is 1. The molecule has 0 bridgehead atoms. The van der Waals surface area contributed by atoms with Crippen LogP contribution in [0, 0.1) is 28.6 Å². The zero-order chi connectivity index (χ0) is 17.3. The van der Waals surface area contributed by atoms with Crippen LogP contribution >= 0.6 is 0 Å². The van der Waals surface area contributed by atoms with E-state index < -0.39 is 5.60 Å². The highest BCUT2D eigenvalue weighted by atomic mass is 16.3. The number of aliphatic hydroxyl groups excluding tert-OH is 1. The Bertz CT molecular complexity index is 643. The van der Waals surface area contributed by atoms with Gasteiger partial charge in [0.05, 0.1) is 12.2 Å². The largest absolute Gasteiger partial charge is 0.392 e. The first kappa shape index (κ1) is 16.5. The number of fused-ring (bicyclic) bond motifs is 5. The molecule has 0 unspecified atom stereocenters. The number of allylic oxidation sites excluding steroid dienone is 3. The fourth-order valence-electron chi connectivity index (χ4n) is 6.74. The molecule has 4 rings (SSSR count). The van der Waals surface area contributed by atoms with Crippen molar-refractivity contribution in [3.05, 3.63) is 23.3 Å². The number of hydrogen-bond acceptors (Lipinski definition) is 3. The summed E-state index contributed by atoms with van der Waals surface area (Å²) >= 11 is 0. The molecule has 24 heavy (non-hydrogen) atoms. The van der Waals surface area contributed by atoms with Gasteiger partial charge in [-0.3, -0.25) is 4.79 Å². The molecular formula is C21H30O3. The summed E-state index contributed by atoms with van der Waals surface area (Å²) in [5.74, 6) is 1.71. The molecule has 3 fully saturated rings. The van der Waals surface area contributed by atoms with Gasteiger partial charge in [-0.2, -0.15) is 0 Å². The molecule has 0 amide bonds. The van der Waals surface area contributed by atoms with E-state index in [1.54, 1.807) is 6.08 Å². The molecule has 0 aromatic rings. The number of ketones is 1. The van der Waals surface area contributed by atoms with Crippen LogP contribution in [-0.2, 0) is 4.79 Å². The van der Waals surface area contributed by atoms with E-state index in [-0.39, 0.29) is 23.2 Å². The van der Waals surface area contributed by atoms with Crippen LogP contribution in [0.15, 0.2) is 23.3 Å². The van der Waals surface area contributed by atoms with Crippen molar-refractivity contribution in [1.29, 1.82) is 0 Å². The van der Waals surface area contributed by atoms with E-state index in [9.17, 15) is 15.0 Å². The lowest BCUT2D eigenvalue weighted by Crippen LogP contribution is -2.53. The second-order valence-corrected chi connectivity index (χ2v) is 9.33. The summed E-state index contributed by atoms with van der Waals surface area (Å²) in [5, 5.41) is 20.5. The zero-order valence-corrected chi connectivity index (χ0v) is 15.1. The SMILES string of the molecule is C[C@]12C=C(CO)C(=O)C=C1CC[C@@H]1[C@@H]2CC[C@@]2(C)[C@H]1CC[C@]2(C)O. The molecule has 3 nitrogen and oxygen atoms in total. The summed E-state index contributed by atoms with van der Waals surface area (Å²) in [6, 6.07) is 0. The number of carbonyl (C=O) groups is 1. The Kier molecular flexibility index (Phi) is 3.48. The Balaban J connectivity index is 1.73. The first-order valence-electron chi connectivity index (χ1n) is 9.53. The molecule has 3 saturated carbocycles. The van der Waals surface area contributed by atoms with Gasteiger partial charge in [-0.1, -0.05) is 25.5 Å². The lowest BCUT2D eigenvalue weighted by atomic mass is 9.47. The summed E-state index contributed by atoms with van der Waals surface area (Å²) in [6.07, 6.45) is 10.2. The van der Waals surface area contributed by atoms with E-state index in [1.807, 2.05) is 6.92 Å². The van der Waals surface area contributed by atoms with Crippen LogP contribution in [0.3, 0.4) is 0 Å². The summed E-state index contributed by atoms with van der Waals surface area (Å²) in [6.45, 7) is 6.44. The summed E-state index contributed by atoms with van der Waals surface area (Å²) in [4.78, 5) is 12.2. The van der Waals surface area contributed by atoms with Crippen LogP contribution in [0.25, 0.3) is 0 Å². The van der Waals surface area contributed by atoms with E-state index in [4.69, 9.17) is 0 Å². The number of hydrogen-bond donors (Lipinski definition) is 2. The van der Waals surface area contributed by atoms with E-state index in [1.165, 1.54) is 5.57 Å². The molecule has 4 aliphatic rings. The minimum Gasteiger partial charge on any atom is -0.392 e. The van der Waals surface area contributed by atoms with Crippen LogP contribution < -0.4 is 0 Å². The maximum Gasteiger partial charge on any atom is 0.183 e. The quantitative estimate of drug-likeness (QED) is 0.774. The minimum absolute atomic E-state index is 0.00660. The van der Waals surface area contributed by atoms with Crippen molar-refractivity contribution in [1.82, 2.24) is 0 Å². The lowest BCUT2D eigenvalue weighted by molar-refractivity contribution is -0.115. The van der Waals surface area contributed by atoms with Crippen LogP contribution in [0.5, 0.6) is 0 Å². The number of aliphatic hydroxyl groups is 2. The summed E-state index contributed by atoms with van der Waals surface area (Å²) in [5.41, 5.74) is 1.21. The molecule has 0 aromatic heterocycles. The van der Waals surface area contributed by atoms with Crippen molar-refractivity contribution < 1.29 is 15.0 Å². The Labute approximate surface area is 144 Å². The Morgan fingerprint density at radius 3 is 2.54 bits per heavy atom. The minimum atomic E-state index is -0.547. The third kappa shape index (κ3) is 1.94. The molecule has 2 N–H and O–H groups in total. The van der Waals surface area contributed by atoms with Gasteiger partial charge in [-0.05, 0) is 74.7 Å². The maximum atomic E-state index is 12.2. The molecule has 0 aliphatic heterocycles. The smallest absolute Gasteiger partial charge is 0.183 e. The fourth-order valence-corrected chi connectivity index (χ4v) is 6.74. The van der Waals surface area contributed by atoms with E-state index in [0.29, 0.717) is 23.3 Å². The zero-order valence-electron chi connectivity index (χ0n) is 15.1. The first-order chi connectivity index (χ1) is 11.2. The average molecular weight is 330 g/mol. The second-order valence-electron chi connectivity index (χ2n) is 9.33. The van der Waals surface area contributed by atoms with Crippen molar-refractivity contribution >= 4 is 5.78 Å². The normalized spacial score (nSPS) is 50.5.